The Morgan fingerprint density at radius 3 is 1.82 bits per heavy atom. The Morgan fingerprint density at radius 1 is 0.895 bits per heavy atom. The molecule has 0 aromatic heterocycles. The van der Waals surface area contributed by atoms with Crippen LogP contribution in [0, 0.1) is 5.82 Å². The third-order valence-electron chi connectivity index (χ3n) is 5.92. The van der Waals surface area contributed by atoms with Gasteiger partial charge >= 0.3 is 0 Å². The van der Waals surface area contributed by atoms with Gasteiger partial charge in [-0.15, -0.1) is 0 Å². The molecular weight excluding hydrogens is 489 g/mol. The largest absolute Gasteiger partial charge is 0.404 e. The minimum Gasteiger partial charge on any atom is -0.404 e. The lowest BCUT2D eigenvalue weighted by molar-refractivity contribution is -0.117. The second kappa shape index (κ2) is 11.8. The molecule has 0 fully saturated rings. The average molecular weight is 523 g/mol. The highest BCUT2D eigenvalue weighted by Crippen LogP contribution is 2.31. The van der Waals surface area contributed by atoms with Crippen molar-refractivity contribution in [3.8, 4) is 0 Å². The molecule has 0 spiro atoms. The summed E-state index contributed by atoms with van der Waals surface area (Å²) in [4.78, 5) is 17.5. The van der Waals surface area contributed by atoms with Gasteiger partial charge in [-0.05, 0) is 68.7 Å². The third kappa shape index (κ3) is 7.42. The SMILES string of the molecule is CC(O)C(F)(F)c1ccc(CC(=O)Cc2ccc(C(=CN)C(=NC(C)(C)C)c3ccc(F)cc3)cc2)cc1. The number of rotatable bonds is 9. The number of aliphatic imine (C=N–C) groups is 1. The van der Waals surface area contributed by atoms with Crippen molar-refractivity contribution >= 4 is 17.1 Å². The van der Waals surface area contributed by atoms with Gasteiger partial charge < -0.3 is 10.8 Å². The van der Waals surface area contributed by atoms with Crippen molar-refractivity contribution in [1.29, 1.82) is 0 Å². The van der Waals surface area contributed by atoms with Crippen LogP contribution in [0.4, 0.5) is 13.2 Å². The number of halogens is 3. The zero-order valence-corrected chi connectivity index (χ0v) is 22.0. The molecule has 3 aromatic rings. The highest BCUT2D eigenvalue weighted by atomic mass is 19.3. The van der Waals surface area contributed by atoms with E-state index in [0.29, 0.717) is 16.8 Å². The van der Waals surface area contributed by atoms with Crippen molar-refractivity contribution in [2.24, 2.45) is 10.7 Å². The number of aliphatic hydroxyl groups is 1. The Bertz CT molecular complexity index is 1300. The molecular formula is C31H33F3N2O2. The van der Waals surface area contributed by atoms with Gasteiger partial charge in [0.25, 0.3) is 5.92 Å². The summed E-state index contributed by atoms with van der Waals surface area (Å²) >= 11 is 0. The molecule has 4 nitrogen and oxygen atoms in total. The molecule has 200 valence electrons. The van der Waals surface area contributed by atoms with E-state index in [9.17, 15) is 23.1 Å². The van der Waals surface area contributed by atoms with Crippen molar-refractivity contribution in [3.63, 3.8) is 0 Å². The van der Waals surface area contributed by atoms with E-state index in [2.05, 4.69) is 0 Å². The number of nitrogens with zero attached hydrogens (tertiary/aromatic N) is 1. The topological polar surface area (TPSA) is 75.7 Å². The number of alkyl halides is 2. The number of aliphatic hydroxyl groups excluding tert-OH is 1. The van der Waals surface area contributed by atoms with Gasteiger partial charge in [0.05, 0.1) is 11.3 Å². The maximum atomic E-state index is 14.0. The molecule has 0 aliphatic heterocycles. The summed E-state index contributed by atoms with van der Waals surface area (Å²) in [7, 11) is 0. The van der Waals surface area contributed by atoms with E-state index in [1.807, 2.05) is 45.0 Å². The molecule has 0 amide bonds. The molecule has 0 bridgehead atoms. The number of carbonyl (C=O) groups is 1. The fourth-order valence-corrected chi connectivity index (χ4v) is 3.94. The van der Waals surface area contributed by atoms with Crippen LogP contribution in [0.1, 0.15) is 55.5 Å². The predicted octanol–water partition coefficient (Wildman–Crippen LogP) is 6.24. The lowest BCUT2D eigenvalue weighted by atomic mass is 9.93. The summed E-state index contributed by atoms with van der Waals surface area (Å²) in [5.74, 6) is -3.76. The molecule has 0 aliphatic rings. The summed E-state index contributed by atoms with van der Waals surface area (Å²) in [5, 5.41) is 9.30. The normalized spacial score (nSPS) is 13.9. The number of hydrogen-bond donors (Lipinski definition) is 2. The first-order chi connectivity index (χ1) is 17.8. The minimum absolute atomic E-state index is 0.0660. The number of Topliss-reactive ketones (excluding diaryl/α,β-unsaturated/α-hetero) is 1. The van der Waals surface area contributed by atoms with Gasteiger partial charge in [0.1, 0.15) is 17.7 Å². The minimum atomic E-state index is -3.35. The average Bonchev–Trinajstić information content (AvgIpc) is 2.85. The first-order valence-corrected chi connectivity index (χ1v) is 12.3. The predicted molar refractivity (Wildman–Crippen MR) is 146 cm³/mol. The Balaban J connectivity index is 1.75. The van der Waals surface area contributed by atoms with Crippen LogP contribution < -0.4 is 5.73 Å². The summed E-state index contributed by atoms with van der Waals surface area (Å²) in [6.07, 6.45) is -0.0599. The maximum absolute atomic E-state index is 14.0. The van der Waals surface area contributed by atoms with Crippen LogP contribution in [-0.2, 0) is 23.6 Å². The number of benzene rings is 3. The van der Waals surface area contributed by atoms with Crippen molar-refractivity contribution in [2.45, 2.75) is 58.1 Å². The smallest absolute Gasteiger partial charge is 0.298 e. The number of nitrogens with two attached hydrogens (primary N) is 1. The number of ketones is 1. The fraction of sp³-hybridized carbons (Fsp3) is 0.290. The highest BCUT2D eigenvalue weighted by molar-refractivity contribution is 6.31. The van der Waals surface area contributed by atoms with Crippen LogP contribution in [0.5, 0.6) is 0 Å². The van der Waals surface area contributed by atoms with Crippen LogP contribution >= 0.6 is 0 Å². The van der Waals surface area contributed by atoms with Crippen LogP contribution in [0.25, 0.3) is 5.57 Å². The first kappa shape index (κ1) is 28.9. The van der Waals surface area contributed by atoms with Crippen molar-refractivity contribution in [2.75, 3.05) is 0 Å². The molecule has 3 N–H and O–H groups in total. The van der Waals surface area contributed by atoms with Gasteiger partial charge in [0.15, 0.2) is 0 Å². The van der Waals surface area contributed by atoms with Gasteiger partial charge in [-0.1, -0.05) is 48.5 Å². The Kier molecular flexibility index (Phi) is 8.94. The third-order valence-corrected chi connectivity index (χ3v) is 5.92. The standard InChI is InChI=1S/C31H33F3N2O2/c1-20(37)31(33,34)25-13-7-22(8-14-25)18-27(38)17-21-5-9-23(10-6-21)28(19-35)29(36-30(2,3)4)24-11-15-26(32)16-12-24/h5-16,19-20,37H,17-18,35H2,1-4H3. The zero-order valence-electron chi connectivity index (χ0n) is 22.0. The van der Waals surface area contributed by atoms with Crippen molar-refractivity contribution in [3.05, 3.63) is 113 Å². The van der Waals surface area contributed by atoms with E-state index < -0.39 is 17.6 Å². The van der Waals surface area contributed by atoms with Crippen LogP contribution in [-0.4, -0.2) is 28.2 Å². The first-order valence-electron chi connectivity index (χ1n) is 12.3. The number of allylic oxidation sites excluding steroid dienone is 1. The second-order valence-corrected chi connectivity index (χ2v) is 10.3. The Morgan fingerprint density at radius 2 is 1.37 bits per heavy atom. The van der Waals surface area contributed by atoms with E-state index in [1.54, 1.807) is 12.1 Å². The van der Waals surface area contributed by atoms with Gasteiger partial charge in [-0.3, -0.25) is 9.79 Å². The lowest BCUT2D eigenvalue weighted by Crippen LogP contribution is -2.27. The van der Waals surface area contributed by atoms with Crippen LogP contribution in [0.3, 0.4) is 0 Å². The molecule has 0 saturated carbocycles. The zero-order chi connectivity index (χ0) is 28.1. The molecule has 38 heavy (non-hydrogen) atoms. The quantitative estimate of drug-likeness (QED) is 0.327. The van der Waals surface area contributed by atoms with Crippen molar-refractivity contribution in [1.82, 2.24) is 0 Å². The molecule has 0 aliphatic carbocycles. The van der Waals surface area contributed by atoms with Gasteiger partial charge in [0, 0.05) is 35.7 Å². The Hall–Kier alpha value is -3.71. The summed E-state index contributed by atoms with van der Waals surface area (Å²) < 4.78 is 41.5. The summed E-state index contributed by atoms with van der Waals surface area (Å²) in [6, 6.07) is 18.9. The molecule has 3 rings (SSSR count). The van der Waals surface area contributed by atoms with Crippen molar-refractivity contribution < 1.29 is 23.1 Å². The summed E-state index contributed by atoms with van der Waals surface area (Å²) in [5.41, 5.74) is 9.57. The van der Waals surface area contributed by atoms with Crippen LogP contribution in [0.2, 0.25) is 0 Å². The molecule has 0 heterocycles. The lowest BCUT2D eigenvalue weighted by Gasteiger charge is -2.19. The number of carbonyl (C=O) groups excluding carboxylic acids is 1. The molecule has 7 heteroatoms. The maximum Gasteiger partial charge on any atom is 0.298 e. The van der Waals surface area contributed by atoms with Crippen LogP contribution in [0.15, 0.2) is 84.0 Å². The van der Waals surface area contributed by atoms with E-state index in [4.69, 9.17) is 10.7 Å². The summed E-state index contributed by atoms with van der Waals surface area (Å²) in [6.45, 7) is 6.93. The molecule has 1 atom stereocenters. The Labute approximate surface area is 221 Å². The number of hydrogen-bond acceptors (Lipinski definition) is 4. The van der Waals surface area contributed by atoms with E-state index in [0.717, 1.165) is 23.6 Å². The second-order valence-electron chi connectivity index (χ2n) is 10.3. The monoisotopic (exact) mass is 522 g/mol. The van der Waals surface area contributed by atoms with E-state index >= 15 is 0 Å². The van der Waals surface area contributed by atoms with Gasteiger partial charge in [-0.2, -0.15) is 8.78 Å². The van der Waals surface area contributed by atoms with E-state index in [-0.39, 0.29) is 30.0 Å². The highest BCUT2D eigenvalue weighted by Gasteiger charge is 2.37. The van der Waals surface area contributed by atoms with E-state index in [1.165, 1.54) is 42.6 Å². The fourth-order valence-electron chi connectivity index (χ4n) is 3.94. The molecule has 0 saturated heterocycles. The molecule has 3 aromatic carbocycles. The van der Waals surface area contributed by atoms with Gasteiger partial charge in [-0.25, -0.2) is 4.39 Å². The molecule has 1 unspecified atom stereocenters. The van der Waals surface area contributed by atoms with Gasteiger partial charge in [0.2, 0.25) is 0 Å². The molecule has 0 radical (unpaired) electrons.